The van der Waals surface area contributed by atoms with Gasteiger partial charge in [-0.15, -0.1) is 0 Å². The standard InChI is InChI=1S/C16H10F4N2O/c17-14-7-12(16(18,19)20)4-5-13(14)15(23)22-9-11-3-1-2-10(6-11)8-21/h1-7H,9H2,(H,22,23). The molecule has 0 unspecified atom stereocenters. The highest BCUT2D eigenvalue weighted by molar-refractivity contribution is 5.94. The maximum Gasteiger partial charge on any atom is 0.416 e. The molecule has 1 amide bonds. The molecule has 0 aliphatic rings. The fourth-order valence-electron chi connectivity index (χ4n) is 1.90. The molecule has 0 aliphatic heterocycles. The predicted octanol–water partition coefficient (Wildman–Crippen LogP) is 3.65. The topological polar surface area (TPSA) is 52.9 Å². The van der Waals surface area contributed by atoms with E-state index in [0.29, 0.717) is 17.2 Å². The lowest BCUT2D eigenvalue weighted by Gasteiger charge is -2.10. The minimum atomic E-state index is -4.67. The van der Waals surface area contributed by atoms with Crippen LogP contribution in [0.15, 0.2) is 42.5 Å². The Bertz CT molecular complexity index is 778. The van der Waals surface area contributed by atoms with Gasteiger partial charge in [0.05, 0.1) is 22.8 Å². The molecule has 23 heavy (non-hydrogen) atoms. The van der Waals surface area contributed by atoms with Crippen molar-refractivity contribution in [3.8, 4) is 6.07 Å². The lowest BCUT2D eigenvalue weighted by atomic mass is 10.1. The van der Waals surface area contributed by atoms with Crippen LogP contribution in [-0.4, -0.2) is 5.91 Å². The Kier molecular flexibility index (Phi) is 4.65. The number of nitrogens with zero attached hydrogens (tertiary/aromatic N) is 1. The zero-order valence-electron chi connectivity index (χ0n) is 11.6. The van der Waals surface area contributed by atoms with Crippen LogP contribution in [0.3, 0.4) is 0 Å². The first-order valence-electron chi connectivity index (χ1n) is 6.45. The number of hydrogen-bond acceptors (Lipinski definition) is 2. The van der Waals surface area contributed by atoms with Crippen molar-refractivity contribution >= 4 is 5.91 Å². The summed E-state index contributed by atoms with van der Waals surface area (Å²) in [4.78, 5) is 11.9. The summed E-state index contributed by atoms with van der Waals surface area (Å²) in [6.45, 7) is 0.0226. The minimum absolute atomic E-state index is 0.0226. The molecule has 0 aromatic heterocycles. The Morgan fingerprint density at radius 2 is 1.91 bits per heavy atom. The number of alkyl halides is 3. The summed E-state index contributed by atoms with van der Waals surface area (Å²) in [6, 6.07) is 10.1. The highest BCUT2D eigenvalue weighted by atomic mass is 19.4. The van der Waals surface area contributed by atoms with Crippen molar-refractivity contribution in [2.45, 2.75) is 12.7 Å². The van der Waals surface area contributed by atoms with Gasteiger partial charge in [0, 0.05) is 6.54 Å². The van der Waals surface area contributed by atoms with Crippen molar-refractivity contribution in [1.29, 1.82) is 5.26 Å². The molecule has 0 fully saturated rings. The quantitative estimate of drug-likeness (QED) is 0.877. The van der Waals surface area contributed by atoms with E-state index in [1.807, 2.05) is 6.07 Å². The van der Waals surface area contributed by atoms with Gasteiger partial charge < -0.3 is 5.32 Å². The first kappa shape index (κ1) is 16.5. The van der Waals surface area contributed by atoms with E-state index in [0.717, 1.165) is 6.07 Å². The van der Waals surface area contributed by atoms with Crippen LogP contribution < -0.4 is 5.32 Å². The van der Waals surface area contributed by atoms with Gasteiger partial charge in [-0.3, -0.25) is 4.79 Å². The molecule has 3 nitrogen and oxygen atoms in total. The fourth-order valence-corrected chi connectivity index (χ4v) is 1.90. The van der Waals surface area contributed by atoms with Gasteiger partial charge in [0.15, 0.2) is 0 Å². The summed E-state index contributed by atoms with van der Waals surface area (Å²) in [5.41, 5.74) is -0.620. The number of nitriles is 1. The molecule has 7 heteroatoms. The third-order valence-corrected chi connectivity index (χ3v) is 3.05. The molecule has 0 radical (unpaired) electrons. The van der Waals surface area contributed by atoms with Crippen molar-refractivity contribution in [1.82, 2.24) is 5.32 Å². The van der Waals surface area contributed by atoms with E-state index in [9.17, 15) is 22.4 Å². The average Bonchev–Trinajstić information content (AvgIpc) is 2.51. The Labute approximate surface area is 129 Å². The summed E-state index contributed by atoms with van der Waals surface area (Å²) in [6.07, 6.45) is -4.67. The average molecular weight is 322 g/mol. The third-order valence-electron chi connectivity index (χ3n) is 3.05. The summed E-state index contributed by atoms with van der Waals surface area (Å²) < 4.78 is 51.0. The smallest absolute Gasteiger partial charge is 0.348 e. The molecule has 1 N–H and O–H groups in total. The molecular weight excluding hydrogens is 312 g/mol. The molecule has 0 saturated carbocycles. The van der Waals surface area contributed by atoms with Gasteiger partial charge in [0.2, 0.25) is 0 Å². The molecule has 0 heterocycles. The number of benzene rings is 2. The number of rotatable bonds is 3. The zero-order valence-corrected chi connectivity index (χ0v) is 11.6. The third kappa shape index (κ3) is 4.07. The second kappa shape index (κ2) is 6.48. The fraction of sp³-hybridized carbons (Fsp3) is 0.125. The maximum atomic E-state index is 13.7. The van der Waals surface area contributed by atoms with Crippen molar-refractivity contribution in [2.24, 2.45) is 0 Å². The molecule has 0 aliphatic carbocycles. The molecule has 0 spiro atoms. The number of carbonyl (C=O) groups is 1. The molecule has 0 atom stereocenters. The molecule has 2 aromatic carbocycles. The summed E-state index contributed by atoms with van der Waals surface area (Å²) in [7, 11) is 0. The Morgan fingerprint density at radius 1 is 1.17 bits per heavy atom. The lowest BCUT2D eigenvalue weighted by molar-refractivity contribution is -0.137. The van der Waals surface area contributed by atoms with Crippen molar-refractivity contribution < 1.29 is 22.4 Å². The first-order chi connectivity index (χ1) is 10.8. The van der Waals surface area contributed by atoms with Gasteiger partial charge >= 0.3 is 6.18 Å². The van der Waals surface area contributed by atoms with E-state index in [1.54, 1.807) is 24.3 Å². The maximum absolute atomic E-state index is 13.7. The van der Waals surface area contributed by atoms with Gasteiger partial charge in [-0.05, 0) is 35.9 Å². The molecular formula is C16H10F4N2O. The van der Waals surface area contributed by atoms with Crippen LogP contribution in [0.25, 0.3) is 0 Å². The van der Waals surface area contributed by atoms with Crippen LogP contribution in [0.5, 0.6) is 0 Å². The van der Waals surface area contributed by atoms with Gasteiger partial charge in [-0.2, -0.15) is 18.4 Å². The largest absolute Gasteiger partial charge is 0.416 e. The monoisotopic (exact) mass is 322 g/mol. The molecule has 2 rings (SSSR count). The highest BCUT2D eigenvalue weighted by Crippen LogP contribution is 2.30. The number of halogens is 4. The summed E-state index contributed by atoms with van der Waals surface area (Å²) >= 11 is 0. The van der Waals surface area contributed by atoms with Crippen molar-refractivity contribution in [3.05, 3.63) is 70.5 Å². The second-order valence-electron chi connectivity index (χ2n) is 4.69. The van der Waals surface area contributed by atoms with Crippen LogP contribution in [0.2, 0.25) is 0 Å². The number of amides is 1. The van der Waals surface area contributed by atoms with Crippen LogP contribution in [0.1, 0.15) is 27.0 Å². The van der Waals surface area contributed by atoms with E-state index in [2.05, 4.69) is 5.32 Å². The van der Waals surface area contributed by atoms with Crippen LogP contribution >= 0.6 is 0 Å². The molecule has 0 saturated heterocycles. The Balaban J connectivity index is 2.10. The number of nitrogens with one attached hydrogen (secondary N) is 1. The summed E-state index contributed by atoms with van der Waals surface area (Å²) in [5.74, 6) is -2.08. The van der Waals surface area contributed by atoms with E-state index in [-0.39, 0.29) is 12.6 Å². The van der Waals surface area contributed by atoms with E-state index < -0.39 is 29.0 Å². The SMILES string of the molecule is N#Cc1cccc(CNC(=O)c2ccc(C(F)(F)F)cc2F)c1. The van der Waals surface area contributed by atoms with Crippen molar-refractivity contribution in [3.63, 3.8) is 0 Å². The van der Waals surface area contributed by atoms with E-state index in [4.69, 9.17) is 5.26 Å². The van der Waals surface area contributed by atoms with Gasteiger partial charge in [0.25, 0.3) is 5.91 Å². The van der Waals surface area contributed by atoms with Gasteiger partial charge in [-0.1, -0.05) is 12.1 Å². The Hall–Kier alpha value is -2.88. The van der Waals surface area contributed by atoms with E-state index >= 15 is 0 Å². The minimum Gasteiger partial charge on any atom is -0.348 e. The molecule has 118 valence electrons. The highest BCUT2D eigenvalue weighted by Gasteiger charge is 2.31. The Morgan fingerprint density at radius 3 is 2.52 bits per heavy atom. The predicted molar refractivity (Wildman–Crippen MR) is 73.7 cm³/mol. The number of hydrogen-bond donors (Lipinski definition) is 1. The van der Waals surface area contributed by atoms with Crippen LogP contribution in [0.4, 0.5) is 17.6 Å². The second-order valence-corrected chi connectivity index (χ2v) is 4.69. The van der Waals surface area contributed by atoms with E-state index in [1.165, 1.54) is 0 Å². The zero-order chi connectivity index (χ0) is 17.0. The molecule has 2 aromatic rings. The molecule has 0 bridgehead atoms. The van der Waals surface area contributed by atoms with Gasteiger partial charge in [0.1, 0.15) is 5.82 Å². The van der Waals surface area contributed by atoms with Gasteiger partial charge in [-0.25, -0.2) is 4.39 Å². The van der Waals surface area contributed by atoms with Crippen molar-refractivity contribution in [2.75, 3.05) is 0 Å². The lowest BCUT2D eigenvalue weighted by Crippen LogP contribution is -2.24. The number of carbonyl (C=O) groups excluding carboxylic acids is 1. The summed E-state index contributed by atoms with van der Waals surface area (Å²) in [5, 5.41) is 11.2. The van der Waals surface area contributed by atoms with Crippen LogP contribution in [-0.2, 0) is 12.7 Å². The first-order valence-corrected chi connectivity index (χ1v) is 6.45. The normalized spacial score (nSPS) is 10.9. The van der Waals surface area contributed by atoms with Crippen LogP contribution in [0, 0.1) is 17.1 Å².